The third-order valence-electron chi connectivity index (χ3n) is 4.50. The van der Waals surface area contributed by atoms with Gasteiger partial charge in [-0.25, -0.2) is 13.1 Å². The van der Waals surface area contributed by atoms with Gasteiger partial charge in [0.2, 0.25) is 15.9 Å². The van der Waals surface area contributed by atoms with Crippen molar-refractivity contribution in [3.8, 4) is 5.75 Å². The van der Waals surface area contributed by atoms with Gasteiger partial charge in [0.25, 0.3) is 0 Å². The molecule has 0 aromatic heterocycles. The quantitative estimate of drug-likeness (QED) is 0.843. The monoisotopic (exact) mass is 374 g/mol. The second-order valence-electron chi connectivity index (χ2n) is 6.10. The number of anilines is 1. The van der Waals surface area contributed by atoms with E-state index < -0.39 is 10.0 Å². The van der Waals surface area contributed by atoms with Gasteiger partial charge in [-0.05, 0) is 54.8 Å². The highest BCUT2D eigenvalue weighted by molar-refractivity contribution is 7.89. The molecule has 6 nitrogen and oxygen atoms in total. The van der Waals surface area contributed by atoms with Crippen LogP contribution in [0.4, 0.5) is 5.69 Å². The molecule has 7 heteroatoms. The molecule has 1 aliphatic rings. The lowest BCUT2D eigenvalue weighted by Gasteiger charge is -2.28. The van der Waals surface area contributed by atoms with Crippen molar-refractivity contribution >= 4 is 21.6 Å². The van der Waals surface area contributed by atoms with Crippen molar-refractivity contribution in [2.45, 2.75) is 31.2 Å². The zero-order chi connectivity index (χ0) is 18.7. The SMILES string of the molecule is CCN1C(=O)CCc2cc(CNS(=O)(=O)c3ccc(OC)cc3)ccc21. The zero-order valence-corrected chi connectivity index (χ0v) is 15.7. The van der Waals surface area contributed by atoms with Gasteiger partial charge in [0.1, 0.15) is 5.75 Å². The Labute approximate surface area is 153 Å². The molecule has 2 aromatic rings. The van der Waals surface area contributed by atoms with Gasteiger partial charge in [-0.3, -0.25) is 4.79 Å². The van der Waals surface area contributed by atoms with Gasteiger partial charge < -0.3 is 9.64 Å². The molecule has 2 aromatic carbocycles. The van der Waals surface area contributed by atoms with Crippen molar-refractivity contribution < 1.29 is 17.9 Å². The van der Waals surface area contributed by atoms with Crippen molar-refractivity contribution in [1.29, 1.82) is 0 Å². The van der Waals surface area contributed by atoms with E-state index in [-0.39, 0.29) is 17.3 Å². The van der Waals surface area contributed by atoms with E-state index in [1.807, 2.05) is 25.1 Å². The first-order valence-corrected chi connectivity index (χ1v) is 9.99. The Bertz CT molecular complexity index is 908. The summed E-state index contributed by atoms with van der Waals surface area (Å²) in [5.74, 6) is 0.738. The lowest BCUT2D eigenvalue weighted by atomic mass is 9.99. The Morgan fingerprint density at radius 1 is 1.12 bits per heavy atom. The zero-order valence-electron chi connectivity index (χ0n) is 14.9. The summed E-state index contributed by atoms with van der Waals surface area (Å²) in [7, 11) is -2.07. The molecule has 0 fully saturated rings. The van der Waals surface area contributed by atoms with E-state index in [1.165, 1.54) is 19.2 Å². The number of rotatable bonds is 6. The van der Waals surface area contributed by atoms with Gasteiger partial charge in [0.15, 0.2) is 0 Å². The molecule has 1 amide bonds. The Morgan fingerprint density at radius 3 is 2.50 bits per heavy atom. The van der Waals surface area contributed by atoms with Gasteiger partial charge in [-0.15, -0.1) is 0 Å². The molecule has 1 aliphatic heterocycles. The molecule has 0 aliphatic carbocycles. The number of fused-ring (bicyclic) bond motifs is 1. The normalized spacial score (nSPS) is 14.2. The van der Waals surface area contributed by atoms with E-state index in [1.54, 1.807) is 17.0 Å². The third-order valence-corrected chi connectivity index (χ3v) is 5.91. The van der Waals surface area contributed by atoms with Crippen molar-refractivity contribution in [2.75, 3.05) is 18.6 Å². The average Bonchev–Trinajstić information content (AvgIpc) is 2.66. The maximum Gasteiger partial charge on any atom is 0.240 e. The minimum atomic E-state index is -3.60. The van der Waals surface area contributed by atoms with Gasteiger partial charge in [-0.1, -0.05) is 12.1 Å². The smallest absolute Gasteiger partial charge is 0.240 e. The molecule has 0 unspecified atom stereocenters. The van der Waals surface area contributed by atoms with Gasteiger partial charge in [0, 0.05) is 25.2 Å². The topological polar surface area (TPSA) is 75.7 Å². The number of nitrogens with one attached hydrogen (secondary N) is 1. The minimum absolute atomic E-state index is 0.132. The lowest BCUT2D eigenvalue weighted by Crippen LogP contribution is -2.34. The summed E-state index contributed by atoms with van der Waals surface area (Å²) >= 11 is 0. The molecule has 0 spiro atoms. The summed E-state index contributed by atoms with van der Waals surface area (Å²) < 4.78 is 32.5. The lowest BCUT2D eigenvalue weighted by molar-refractivity contribution is -0.118. The van der Waals surface area contributed by atoms with Gasteiger partial charge >= 0.3 is 0 Å². The van der Waals surface area contributed by atoms with Crippen LogP contribution in [0.3, 0.4) is 0 Å². The van der Waals surface area contributed by atoms with E-state index in [0.717, 1.165) is 16.8 Å². The van der Waals surface area contributed by atoms with Crippen LogP contribution in [0.5, 0.6) is 5.75 Å². The fourth-order valence-corrected chi connectivity index (χ4v) is 4.10. The second-order valence-corrected chi connectivity index (χ2v) is 7.87. The number of amides is 1. The predicted octanol–water partition coefficient (Wildman–Crippen LogP) is 2.47. The highest BCUT2D eigenvalue weighted by Crippen LogP contribution is 2.28. The van der Waals surface area contributed by atoms with Gasteiger partial charge in [-0.2, -0.15) is 0 Å². The summed E-state index contributed by atoms with van der Waals surface area (Å²) in [6.45, 7) is 2.78. The number of carbonyl (C=O) groups is 1. The van der Waals surface area contributed by atoms with Gasteiger partial charge in [0.05, 0.1) is 12.0 Å². The molecular formula is C19H22N2O4S. The number of carbonyl (C=O) groups excluding carboxylic acids is 1. The van der Waals surface area contributed by atoms with Crippen LogP contribution >= 0.6 is 0 Å². The summed E-state index contributed by atoms with van der Waals surface area (Å²) in [4.78, 5) is 13.9. The maximum atomic E-state index is 12.4. The fraction of sp³-hybridized carbons (Fsp3) is 0.316. The number of nitrogens with zero attached hydrogens (tertiary/aromatic N) is 1. The van der Waals surface area contributed by atoms with Crippen LogP contribution in [0.15, 0.2) is 47.4 Å². The van der Waals surface area contributed by atoms with Crippen molar-refractivity contribution in [3.05, 3.63) is 53.6 Å². The minimum Gasteiger partial charge on any atom is -0.497 e. The Balaban J connectivity index is 1.74. The van der Waals surface area contributed by atoms with Crippen LogP contribution in [0.2, 0.25) is 0 Å². The highest BCUT2D eigenvalue weighted by Gasteiger charge is 2.23. The van der Waals surface area contributed by atoms with Crippen LogP contribution < -0.4 is 14.4 Å². The van der Waals surface area contributed by atoms with Crippen LogP contribution in [0, 0.1) is 0 Å². The van der Waals surface area contributed by atoms with Crippen LogP contribution in [0.1, 0.15) is 24.5 Å². The van der Waals surface area contributed by atoms with Crippen molar-refractivity contribution in [2.24, 2.45) is 0 Å². The largest absolute Gasteiger partial charge is 0.497 e. The number of methoxy groups -OCH3 is 1. The van der Waals surface area contributed by atoms with E-state index in [0.29, 0.717) is 25.1 Å². The molecule has 0 atom stereocenters. The van der Waals surface area contributed by atoms with E-state index >= 15 is 0 Å². The van der Waals surface area contributed by atoms with E-state index in [4.69, 9.17) is 4.74 Å². The first kappa shape index (κ1) is 18.4. The number of benzene rings is 2. The fourth-order valence-electron chi connectivity index (χ4n) is 3.09. The van der Waals surface area contributed by atoms with Crippen LogP contribution in [0.25, 0.3) is 0 Å². The Kier molecular flexibility index (Phi) is 5.29. The maximum absolute atomic E-state index is 12.4. The molecule has 1 heterocycles. The number of hydrogen-bond donors (Lipinski definition) is 1. The molecule has 1 N–H and O–H groups in total. The average molecular weight is 374 g/mol. The van der Waals surface area contributed by atoms with Crippen molar-refractivity contribution in [1.82, 2.24) is 4.72 Å². The van der Waals surface area contributed by atoms with E-state index in [2.05, 4.69) is 4.72 Å². The van der Waals surface area contributed by atoms with Crippen LogP contribution in [-0.2, 0) is 27.8 Å². The van der Waals surface area contributed by atoms with Crippen LogP contribution in [-0.4, -0.2) is 28.0 Å². The van der Waals surface area contributed by atoms with E-state index in [9.17, 15) is 13.2 Å². The molecule has 3 rings (SSSR count). The second kappa shape index (κ2) is 7.47. The molecule has 138 valence electrons. The summed E-state index contributed by atoms with van der Waals surface area (Å²) in [6, 6.07) is 12.0. The summed E-state index contributed by atoms with van der Waals surface area (Å²) in [5.41, 5.74) is 2.87. The van der Waals surface area contributed by atoms with Crippen molar-refractivity contribution in [3.63, 3.8) is 0 Å². The summed E-state index contributed by atoms with van der Waals surface area (Å²) in [6.07, 6.45) is 1.17. The number of ether oxygens (including phenoxy) is 1. The first-order chi connectivity index (χ1) is 12.4. The molecular weight excluding hydrogens is 352 g/mol. The molecule has 26 heavy (non-hydrogen) atoms. The molecule has 0 bridgehead atoms. The third kappa shape index (κ3) is 3.73. The number of sulfonamides is 1. The standard InChI is InChI=1S/C19H22N2O4S/c1-3-21-18-10-4-14(12-15(18)5-11-19(21)22)13-20-26(23,24)17-8-6-16(25-2)7-9-17/h4,6-10,12,20H,3,5,11,13H2,1-2H3. The molecule has 0 saturated carbocycles. The summed E-state index contributed by atoms with van der Waals surface area (Å²) in [5, 5.41) is 0. The number of hydrogen-bond acceptors (Lipinski definition) is 4. The Morgan fingerprint density at radius 2 is 1.85 bits per heavy atom. The Hall–Kier alpha value is -2.38. The first-order valence-electron chi connectivity index (χ1n) is 8.50. The number of aryl methyl sites for hydroxylation is 1. The molecule has 0 radical (unpaired) electrons. The highest BCUT2D eigenvalue weighted by atomic mass is 32.2. The predicted molar refractivity (Wildman–Crippen MR) is 99.8 cm³/mol. The molecule has 0 saturated heterocycles.